The van der Waals surface area contributed by atoms with Crippen LogP contribution in [0.4, 0.5) is 0 Å². The molecule has 0 bridgehead atoms. The van der Waals surface area contributed by atoms with Gasteiger partial charge in [0.1, 0.15) is 60.5 Å². The number of hydrogen-bond acceptors (Lipinski definition) is 19. The first-order chi connectivity index (χ1) is 37.6. The van der Waals surface area contributed by atoms with E-state index in [1.807, 2.05) is 6.92 Å². The lowest BCUT2D eigenvalue weighted by molar-refractivity contribution is -0.370. The number of carbonyl (C=O) groups is 4. The first-order valence-electron chi connectivity index (χ1n) is 29.8. The SMILES string of the molecule is C[C@H]1O[C@@H](OC2C(O)[C@@H](NC(=O)CCCCCCCCCCC(=O)O)[C@@H](CO)O[C@H]2OC(=O)[C@]23CCC(C)(C)CC2C2=CCC4C5(C)CC[C@H](O)C(C)(C=O)[C@@H]5CCC4(C)[C@]2(C)C[C@@H]3O)C(O)C(O)[C@H]1O[C@@H]1OC[C@@H](O)C(O)C1O. The number of amides is 1. The number of aliphatic carboxylic acids is 1. The fourth-order valence-corrected chi connectivity index (χ4v) is 16.7. The molecule has 8 rings (SSSR count). The van der Waals surface area contributed by atoms with Gasteiger partial charge in [0.25, 0.3) is 0 Å². The standard InChI is InChI=1S/C59H95NO20/c1-31-48(78-50-46(72)43(69)34(63)29-75-50)45(71)47(73)51(76-31)79-49-44(70)42(60-40(66)16-14-12-10-8-9-11-13-15-17-41(67)68)35(28-61)77-52(49)80-53(74)59-25-24-54(2,3)26-33(59)32-18-19-37-55(4)22-21-38(64)56(5,30-62)36(55)20-23-57(37,6)58(32,7)27-39(59)65/h18,30-31,33-39,42-52,61,63-65,69-73H,8-17,19-29H2,1-7H3,(H,60,66)(H,67,68)/t31-,33?,34-,35-,36-,37?,38+,39+,42+,43?,44?,45?,46?,47?,48+,49?,50+,51+,52+,55?,56?,57?,58-,59-/m1/s1. The summed E-state index contributed by atoms with van der Waals surface area (Å²) < 4.78 is 36.4. The molecule has 80 heavy (non-hydrogen) atoms. The van der Waals surface area contributed by atoms with Gasteiger partial charge >= 0.3 is 11.9 Å². The molecule has 11 N–H and O–H groups in total. The number of rotatable bonds is 20. The van der Waals surface area contributed by atoms with Gasteiger partial charge < -0.3 is 89.6 Å². The molecule has 24 atom stereocenters. The Morgan fingerprint density at radius 2 is 1.34 bits per heavy atom. The van der Waals surface area contributed by atoms with Gasteiger partial charge in [0.15, 0.2) is 18.7 Å². The van der Waals surface area contributed by atoms with E-state index in [4.69, 9.17) is 33.5 Å². The van der Waals surface area contributed by atoms with Gasteiger partial charge in [-0.05, 0) is 117 Å². The minimum Gasteiger partial charge on any atom is -0.481 e. The molecule has 3 heterocycles. The molecule has 7 fully saturated rings. The summed E-state index contributed by atoms with van der Waals surface area (Å²) in [4.78, 5) is 52.9. The average molecular weight is 1140 g/mol. The van der Waals surface area contributed by atoms with E-state index in [9.17, 15) is 60.3 Å². The first kappa shape index (κ1) is 63.3. The molecule has 1 amide bonds. The van der Waals surface area contributed by atoms with Gasteiger partial charge in [-0.3, -0.25) is 14.4 Å². The molecule has 21 heteroatoms. The molecule has 3 saturated heterocycles. The molecule has 0 aromatic carbocycles. The van der Waals surface area contributed by atoms with Crippen LogP contribution in [0.2, 0.25) is 0 Å². The Balaban J connectivity index is 1.04. The lowest BCUT2D eigenvalue weighted by Crippen LogP contribution is -2.69. The van der Waals surface area contributed by atoms with Crippen molar-refractivity contribution in [3.63, 3.8) is 0 Å². The van der Waals surface area contributed by atoms with E-state index in [2.05, 4.69) is 46.0 Å². The number of carboxylic acids is 1. The number of aldehydes is 1. The Morgan fingerprint density at radius 1 is 0.700 bits per heavy atom. The summed E-state index contributed by atoms with van der Waals surface area (Å²) in [6.45, 7) is 13.3. The van der Waals surface area contributed by atoms with Crippen molar-refractivity contribution in [2.24, 2.45) is 50.2 Å². The number of unbranched alkanes of at least 4 members (excludes halogenated alkanes) is 7. The van der Waals surface area contributed by atoms with Crippen molar-refractivity contribution in [2.75, 3.05) is 13.2 Å². The predicted octanol–water partition coefficient (Wildman–Crippen LogP) is 3.07. The molecule has 5 aliphatic carbocycles. The maximum atomic E-state index is 15.7. The summed E-state index contributed by atoms with van der Waals surface area (Å²) in [5.74, 6) is -2.57. The van der Waals surface area contributed by atoms with Crippen LogP contribution in [0, 0.1) is 50.2 Å². The lowest BCUT2D eigenvalue weighted by atomic mass is 9.33. The van der Waals surface area contributed by atoms with Crippen LogP contribution in [0.1, 0.15) is 170 Å². The summed E-state index contributed by atoms with van der Waals surface area (Å²) in [7, 11) is 0. The van der Waals surface area contributed by atoms with E-state index >= 15 is 4.79 Å². The van der Waals surface area contributed by atoms with Crippen molar-refractivity contribution < 1.29 is 98.7 Å². The van der Waals surface area contributed by atoms with Crippen LogP contribution in [0.3, 0.4) is 0 Å². The smallest absolute Gasteiger partial charge is 0.317 e. The van der Waals surface area contributed by atoms with Crippen LogP contribution in [-0.4, -0.2) is 187 Å². The van der Waals surface area contributed by atoms with Crippen LogP contribution < -0.4 is 5.32 Å². The van der Waals surface area contributed by atoms with Crippen molar-refractivity contribution in [3.8, 4) is 0 Å². The Morgan fingerprint density at radius 3 is 1.99 bits per heavy atom. The highest BCUT2D eigenvalue weighted by Gasteiger charge is 2.72. The number of carboxylic acid groups (broad SMARTS) is 1. The zero-order valence-electron chi connectivity index (χ0n) is 48.0. The second-order valence-electron chi connectivity index (χ2n) is 27.1. The number of aliphatic hydroxyl groups excluding tert-OH is 9. The van der Waals surface area contributed by atoms with Crippen LogP contribution in [0.5, 0.6) is 0 Å². The van der Waals surface area contributed by atoms with Crippen LogP contribution in [-0.2, 0) is 47.6 Å². The average Bonchev–Trinajstić information content (AvgIpc) is 3.42. The minimum absolute atomic E-state index is 0.0471. The van der Waals surface area contributed by atoms with Crippen molar-refractivity contribution in [3.05, 3.63) is 11.6 Å². The number of hydrogen-bond donors (Lipinski definition) is 11. The number of ether oxygens (including phenoxy) is 6. The van der Waals surface area contributed by atoms with E-state index in [1.54, 1.807) is 0 Å². The third kappa shape index (κ3) is 11.6. The fourth-order valence-electron chi connectivity index (χ4n) is 16.7. The molecule has 0 aromatic rings. The van der Waals surface area contributed by atoms with Crippen LogP contribution in [0.15, 0.2) is 11.6 Å². The third-order valence-electron chi connectivity index (χ3n) is 21.8. The number of fused-ring (bicyclic) bond motifs is 7. The Labute approximate surface area is 470 Å². The van der Waals surface area contributed by atoms with Crippen molar-refractivity contribution in [1.29, 1.82) is 0 Å². The summed E-state index contributed by atoms with van der Waals surface area (Å²) in [6, 6.07) is -1.36. The highest BCUT2D eigenvalue weighted by Crippen LogP contribution is 2.76. The Bertz CT molecular complexity index is 2220. The largest absolute Gasteiger partial charge is 0.481 e. The molecule has 0 spiro atoms. The van der Waals surface area contributed by atoms with Gasteiger partial charge in [-0.25, -0.2) is 0 Å². The number of carbonyl (C=O) groups excluding carboxylic acids is 3. The number of esters is 1. The van der Waals surface area contributed by atoms with Gasteiger partial charge in [-0.1, -0.05) is 91.7 Å². The number of aliphatic hydroxyl groups is 9. The molecule has 8 aliphatic rings. The Kier molecular flexibility index (Phi) is 19.5. The molecule has 4 saturated carbocycles. The van der Waals surface area contributed by atoms with Crippen molar-refractivity contribution >= 4 is 24.1 Å². The van der Waals surface area contributed by atoms with E-state index in [-0.39, 0.29) is 53.8 Å². The van der Waals surface area contributed by atoms with E-state index < -0.39 is 151 Å². The molecule has 3 aliphatic heterocycles. The first-order valence-corrected chi connectivity index (χ1v) is 29.8. The van der Waals surface area contributed by atoms with Crippen LogP contribution >= 0.6 is 0 Å². The fraction of sp³-hybridized carbons (Fsp3) is 0.898. The highest BCUT2D eigenvalue weighted by molar-refractivity contribution is 5.80. The van der Waals surface area contributed by atoms with E-state index in [1.165, 1.54) is 6.92 Å². The summed E-state index contributed by atoms with van der Waals surface area (Å²) >= 11 is 0. The molecule has 0 aromatic heterocycles. The van der Waals surface area contributed by atoms with Crippen LogP contribution in [0.25, 0.3) is 0 Å². The second kappa shape index (κ2) is 24.7. The molecule has 21 nitrogen and oxygen atoms in total. The maximum Gasteiger partial charge on any atom is 0.317 e. The van der Waals surface area contributed by atoms with Crippen molar-refractivity contribution in [1.82, 2.24) is 5.32 Å². The molecule has 456 valence electrons. The van der Waals surface area contributed by atoms with E-state index in [0.717, 1.165) is 63.2 Å². The Hall–Kier alpha value is -2.74. The normalized spacial score (nSPS) is 47.0. The molecular formula is C59H95NO20. The number of allylic oxidation sites excluding steroid dienone is 2. The van der Waals surface area contributed by atoms with E-state index in [0.29, 0.717) is 44.9 Å². The highest BCUT2D eigenvalue weighted by atomic mass is 16.8. The maximum absolute atomic E-state index is 15.7. The summed E-state index contributed by atoms with van der Waals surface area (Å²) in [5, 5.41) is 113. The number of nitrogens with one attached hydrogen (secondary N) is 1. The minimum atomic E-state index is -1.95. The van der Waals surface area contributed by atoms with Gasteiger partial charge in [0.2, 0.25) is 12.2 Å². The summed E-state index contributed by atoms with van der Waals surface area (Å²) in [5.41, 5.74) is -2.89. The quantitative estimate of drug-likeness (QED) is 0.0361. The topological polar surface area (TPSA) is 338 Å². The van der Waals surface area contributed by atoms with Gasteiger partial charge in [0, 0.05) is 12.8 Å². The third-order valence-corrected chi connectivity index (χ3v) is 21.8. The monoisotopic (exact) mass is 1140 g/mol. The predicted molar refractivity (Wildman–Crippen MR) is 284 cm³/mol. The molecule has 0 radical (unpaired) electrons. The van der Waals surface area contributed by atoms with Gasteiger partial charge in [0.05, 0.1) is 43.0 Å². The lowest BCUT2D eigenvalue weighted by Gasteiger charge is -2.71. The zero-order valence-corrected chi connectivity index (χ0v) is 48.0. The second-order valence-corrected chi connectivity index (χ2v) is 27.1. The zero-order chi connectivity index (χ0) is 58.5. The van der Waals surface area contributed by atoms with Crippen molar-refractivity contribution in [2.45, 2.75) is 269 Å². The summed E-state index contributed by atoms with van der Waals surface area (Å²) in [6.07, 6.45) is -8.54. The van der Waals surface area contributed by atoms with Gasteiger partial charge in [-0.2, -0.15) is 0 Å². The molecule has 11 unspecified atom stereocenters. The molecular weight excluding hydrogens is 1040 g/mol. The van der Waals surface area contributed by atoms with Gasteiger partial charge in [-0.15, -0.1) is 0 Å².